The van der Waals surface area contributed by atoms with Gasteiger partial charge in [0.05, 0.1) is 20.1 Å². The maximum atomic E-state index is 11.8. The highest BCUT2D eigenvalue weighted by molar-refractivity contribution is 7.98. The smallest absolute Gasteiger partial charge is 0.311 e. The standard InChI is InChI=1S/C15H19NO3S/c1-5-19-14(17)9-13-15(20-4)11-8-10(18-3)6-7-12(11)16(13)2/h6-8H,5,9H2,1-4H3. The molecule has 0 amide bonds. The number of thioether (sulfide) groups is 1. The van der Waals surface area contributed by atoms with Crippen molar-refractivity contribution in [1.29, 1.82) is 0 Å². The van der Waals surface area contributed by atoms with E-state index in [9.17, 15) is 4.79 Å². The summed E-state index contributed by atoms with van der Waals surface area (Å²) < 4.78 is 12.4. The minimum absolute atomic E-state index is 0.194. The molecule has 2 rings (SSSR count). The monoisotopic (exact) mass is 293 g/mol. The molecule has 0 spiro atoms. The van der Waals surface area contributed by atoms with E-state index >= 15 is 0 Å². The minimum atomic E-state index is -0.194. The normalized spacial score (nSPS) is 10.8. The molecule has 4 nitrogen and oxygen atoms in total. The number of ether oxygens (including phenoxy) is 2. The highest BCUT2D eigenvalue weighted by Crippen LogP contribution is 2.35. The number of benzene rings is 1. The van der Waals surface area contributed by atoms with E-state index in [1.807, 2.05) is 38.4 Å². The summed E-state index contributed by atoms with van der Waals surface area (Å²) in [6.07, 6.45) is 2.31. The van der Waals surface area contributed by atoms with Crippen molar-refractivity contribution in [2.75, 3.05) is 20.0 Å². The SMILES string of the molecule is CCOC(=O)Cc1c(SC)c2cc(OC)ccc2n1C. The molecule has 0 atom stereocenters. The summed E-state index contributed by atoms with van der Waals surface area (Å²) in [4.78, 5) is 12.9. The maximum Gasteiger partial charge on any atom is 0.311 e. The number of esters is 1. The molecule has 0 radical (unpaired) electrons. The molecule has 1 heterocycles. The second kappa shape index (κ2) is 6.22. The van der Waals surface area contributed by atoms with Gasteiger partial charge in [0.1, 0.15) is 5.75 Å². The van der Waals surface area contributed by atoms with Gasteiger partial charge in [-0.1, -0.05) is 0 Å². The summed E-state index contributed by atoms with van der Waals surface area (Å²) in [5.74, 6) is 0.627. The van der Waals surface area contributed by atoms with E-state index < -0.39 is 0 Å². The number of rotatable bonds is 5. The summed E-state index contributed by atoms with van der Waals surface area (Å²) in [7, 11) is 3.63. The predicted octanol–water partition coefficient (Wildman–Crippen LogP) is 3.01. The topological polar surface area (TPSA) is 40.5 Å². The van der Waals surface area contributed by atoms with E-state index in [4.69, 9.17) is 9.47 Å². The summed E-state index contributed by atoms with van der Waals surface area (Å²) in [5, 5.41) is 1.11. The summed E-state index contributed by atoms with van der Waals surface area (Å²) >= 11 is 1.64. The van der Waals surface area contributed by atoms with E-state index in [0.29, 0.717) is 6.61 Å². The van der Waals surface area contributed by atoms with Gasteiger partial charge in [0.2, 0.25) is 0 Å². The molecule has 108 valence electrons. The van der Waals surface area contributed by atoms with Crippen LogP contribution >= 0.6 is 11.8 Å². The first-order valence-corrected chi connectivity index (χ1v) is 7.69. The first kappa shape index (κ1) is 14.8. The van der Waals surface area contributed by atoms with E-state index in [2.05, 4.69) is 4.57 Å². The van der Waals surface area contributed by atoms with Crippen molar-refractivity contribution in [1.82, 2.24) is 4.57 Å². The van der Waals surface area contributed by atoms with Gasteiger partial charge < -0.3 is 14.0 Å². The first-order chi connectivity index (χ1) is 9.62. The van der Waals surface area contributed by atoms with Crippen molar-refractivity contribution >= 4 is 28.6 Å². The van der Waals surface area contributed by atoms with Gasteiger partial charge in [-0.2, -0.15) is 0 Å². The molecule has 0 bridgehead atoms. The number of aryl methyl sites for hydroxylation is 1. The Morgan fingerprint density at radius 2 is 2.15 bits per heavy atom. The Balaban J connectivity index is 2.53. The van der Waals surface area contributed by atoms with Gasteiger partial charge in [-0.05, 0) is 31.4 Å². The molecule has 1 aromatic heterocycles. The van der Waals surface area contributed by atoms with Crippen molar-refractivity contribution in [3.05, 3.63) is 23.9 Å². The minimum Gasteiger partial charge on any atom is -0.497 e. The zero-order chi connectivity index (χ0) is 14.7. The molecule has 0 fully saturated rings. The van der Waals surface area contributed by atoms with Gasteiger partial charge in [0, 0.05) is 28.5 Å². The van der Waals surface area contributed by atoms with E-state index in [-0.39, 0.29) is 12.4 Å². The fraction of sp³-hybridized carbons (Fsp3) is 0.400. The van der Waals surface area contributed by atoms with Crippen LogP contribution in [-0.2, 0) is 23.0 Å². The molecule has 0 unspecified atom stereocenters. The van der Waals surface area contributed by atoms with Gasteiger partial charge in [-0.3, -0.25) is 4.79 Å². The van der Waals surface area contributed by atoms with Crippen LogP contribution < -0.4 is 4.74 Å². The highest BCUT2D eigenvalue weighted by atomic mass is 32.2. The lowest BCUT2D eigenvalue weighted by Crippen LogP contribution is -2.10. The Morgan fingerprint density at radius 3 is 2.75 bits per heavy atom. The van der Waals surface area contributed by atoms with Gasteiger partial charge in [0.15, 0.2) is 0 Å². The second-order valence-corrected chi connectivity index (χ2v) is 5.22. The average Bonchev–Trinajstić information content (AvgIpc) is 2.71. The van der Waals surface area contributed by atoms with Crippen molar-refractivity contribution in [2.24, 2.45) is 7.05 Å². The first-order valence-electron chi connectivity index (χ1n) is 6.47. The number of hydrogen-bond donors (Lipinski definition) is 0. The number of hydrogen-bond acceptors (Lipinski definition) is 4. The zero-order valence-electron chi connectivity index (χ0n) is 12.2. The Morgan fingerprint density at radius 1 is 1.40 bits per heavy atom. The fourth-order valence-electron chi connectivity index (χ4n) is 2.35. The Hall–Kier alpha value is -1.62. The predicted molar refractivity (Wildman–Crippen MR) is 81.6 cm³/mol. The molecule has 0 aliphatic rings. The Bertz CT molecular complexity index is 634. The summed E-state index contributed by atoms with van der Waals surface area (Å²) in [6, 6.07) is 5.96. The van der Waals surface area contributed by atoms with Gasteiger partial charge in [-0.25, -0.2) is 0 Å². The molecule has 2 aromatic rings. The molecule has 5 heteroatoms. The van der Waals surface area contributed by atoms with Crippen LogP contribution in [0.15, 0.2) is 23.1 Å². The van der Waals surface area contributed by atoms with Gasteiger partial charge in [0.25, 0.3) is 0 Å². The zero-order valence-corrected chi connectivity index (χ0v) is 13.0. The molecule has 0 aliphatic heterocycles. The number of methoxy groups -OCH3 is 1. The lowest BCUT2D eigenvalue weighted by Gasteiger charge is -2.06. The average molecular weight is 293 g/mol. The lowest BCUT2D eigenvalue weighted by molar-refractivity contribution is -0.142. The highest BCUT2D eigenvalue weighted by Gasteiger charge is 2.18. The van der Waals surface area contributed by atoms with Crippen molar-refractivity contribution < 1.29 is 14.3 Å². The molecule has 0 N–H and O–H groups in total. The van der Waals surface area contributed by atoms with Gasteiger partial charge >= 0.3 is 5.97 Å². The molecule has 0 saturated carbocycles. The van der Waals surface area contributed by atoms with E-state index in [1.54, 1.807) is 18.9 Å². The van der Waals surface area contributed by atoms with Crippen molar-refractivity contribution in [3.63, 3.8) is 0 Å². The quantitative estimate of drug-likeness (QED) is 0.627. The summed E-state index contributed by atoms with van der Waals surface area (Å²) in [5.41, 5.74) is 2.08. The largest absolute Gasteiger partial charge is 0.497 e. The van der Waals surface area contributed by atoms with Crippen LogP contribution in [0, 0.1) is 0 Å². The number of aromatic nitrogens is 1. The molecule has 0 saturated heterocycles. The summed E-state index contributed by atoms with van der Waals surface area (Å²) in [6.45, 7) is 2.23. The molecular weight excluding hydrogens is 274 g/mol. The molecule has 0 aliphatic carbocycles. The number of carbonyl (C=O) groups is 1. The van der Waals surface area contributed by atoms with Crippen LogP contribution in [0.3, 0.4) is 0 Å². The number of fused-ring (bicyclic) bond motifs is 1. The fourth-order valence-corrected chi connectivity index (χ4v) is 3.17. The van der Waals surface area contributed by atoms with Crippen LogP contribution in [0.25, 0.3) is 10.9 Å². The van der Waals surface area contributed by atoms with Gasteiger partial charge in [-0.15, -0.1) is 11.8 Å². The molecule has 1 aromatic carbocycles. The number of carbonyl (C=O) groups excluding carboxylic acids is 1. The molecular formula is C15H19NO3S. The third-order valence-corrected chi connectivity index (χ3v) is 4.16. The van der Waals surface area contributed by atoms with E-state index in [1.165, 1.54) is 0 Å². The van der Waals surface area contributed by atoms with Crippen LogP contribution in [0.5, 0.6) is 5.75 Å². The second-order valence-electron chi connectivity index (χ2n) is 4.40. The van der Waals surface area contributed by atoms with Crippen LogP contribution in [0.1, 0.15) is 12.6 Å². The van der Waals surface area contributed by atoms with Crippen LogP contribution in [0.2, 0.25) is 0 Å². The molecule has 20 heavy (non-hydrogen) atoms. The van der Waals surface area contributed by atoms with Crippen LogP contribution in [-0.4, -0.2) is 30.5 Å². The third-order valence-electron chi connectivity index (χ3n) is 3.30. The van der Waals surface area contributed by atoms with Crippen molar-refractivity contribution in [3.8, 4) is 5.75 Å². The maximum absolute atomic E-state index is 11.8. The Kier molecular flexibility index (Phi) is 4.60. The van der Waals surface area contributed by atoms with E-state index in [0.717, 1.165) is 27.2 Å². The Labute approximate surface area is 123 Å². The van der Waals surface area contributed by atoms with Crippen molar-refractivity contribution in [2.45, 2.75) is 18.2 Å². The van der Waals surface area contributed by atoms with Crippen LogP contribution in [0.4, 0.5) is 0 Å². The lowest BCUT2D eigenvalue weighted by atomic mass is 10.2. The third kappa shape index (κ3) is 2.63. The number of nitrogens with zero attached hydrogens (tertiary/aromatic N) is 1.